The van der Waals surface area contributed by atoms with Crippen LogP contribution in [0.1, 0.15) is 0 Å². The molecule has 3 atom stereocenters. The zero-order valence-corrected chi connectivity index (χ0v) is 5.19. The van der Waals surface area contributed by atoms with Gasteiger partial charge < -0.3 is 15.3 Å². The number of aliphatic carboxylic acids is 1. The van der Waals surface area contributed by atoms with Crippen LogP contribution in [0.4, 0.5) is 0 Å². The van der Waals surface area contributed by atoms with Crippen LogP contribution >= 0.6 is 0 Å². The second-order valence-electron chi connectivity index (χ2n) is 2.28. The monoisotopic (exact) mass is 149 g/mol. The Bertz CT molecular complexity index is 149. The first-order chi connectivity index (χ1) is 4.63. The van der Waals surface area contributed by atoms with E-state index in [1.165, 1.54) is 0 Å². The topological polar surface area (TPSA) is 89.8 Å². The Kier molecular flexibility index (Phi) is 1.89. The highest BCUT2D eigenvalue weighted by Gasteiger charge is 2.37. The maximum atomic E-state index is 10.2. The second-order valence-corrected chi connectivity index (χ2v) is 2.28. The second kappa shape index (κ2) is 2.53. The average Bonchev–Trinajstić information content (AvgIpc) is 2.14. The van der Waals surface area contributed by atoms with Crippen molar-refractivity contribution in [2.24, 2.45) is 0 Å². The number of hydrogen-bond acceptors (Lipinski definition) is 4. The molecule has 0 bridgehead atoms. The van der Waals surface area contributed by atoms with Crippen LogP contribution in [0.15, 0.2) is 0 Å². The molecular weight excluding hydrogens is 140 g/mol. The molecule has 1 aliphatic heterocycles. The van der Waals surface area contributed by atoms with Crippen LogP contribution in [0.3, 0.4) is 0 Å². The highest BCUT2D eigenvalue weighted by Crippen LogP contribution is 2.06. The maximum Gasteiger partial charge on any atom is 0.323 e. The Morgan fingerprint density at radius 3 is 2.30 bits per heavy atom. The summed E-state index contributed by atoms with van der Waals surface area (Å²) in [5.74, 6) is -1.14. The van der Waals surface area contributed by atoms with Crippen molar-refractivity contribution in [3.8, 4) is 0 Å². The molecule has 1 heterocycles. The van der Waals surface area contributed by atoms with Gasteiger partial charge in [-0.2, -0.15) is 0 Å². The summed E-state index contributed by atoms with van der Waals surface area (Å²) in [6.45, 7) is 0.137. The highest BCUT2D eigenvalue weighted by atomic mass is 16.6. The van der Waals surface area contributed by atoms with Crippen LogP contribution in [0.5, 0.6) is 0 Å². The standard InChI is InChI=1S/C5H9NO4/c7-2-1-6-3(4(2)8)5(9)10/h2-4,6-8H,1H2,(H,9,10)/t2-,3+,4+/m1/s1/i5+2. The predicted molar refractivity (Wildman–Crippen MR) is 31.4 cm³/mol. The number of β-amino-alcohol motifs (C(OH)–C–C–N with tert-alkyl or cyclic N) is 1. The molecule has 0 aliphatic carbocycles. The van der Waals surface area contributed by atoms with Gasteiger partial charge in [0.2, 0.25) is 0 Å². The van der Waals surface area contributed by atoms with Gasteiger partial charge in [0, 0.05) is 6.54 Å². The molecule has 5 heteroatoms. The van der Waals surface area contributed by atoms with Crippen LogP contribution < -0.4 is 5.32 Å². The van der Waals surface area contributed by atoms with Crippen LogP contribution in [0.2, 0.25) is 0 Å². The van der Waals surface area contributed by atoms with Gasteiger partial charge in [-0.05, 0) is 0 Å². The van der Waals surface area contributed by atoms with Crippen molar-refractivity contribution in [2.75, 3.05) is 6.54 Å². The third-order valence-electron chi connectivity index (χ3n) is 1.55. The molecule has 5 nitrogen and oxygen atoms in total. The van der Waals surface area contributed by atoms with Gasteiger partial charge in [-0.15, -0.1) is 0 Å². The third-order valence-corrected chi connectivity index (χ3v) is 1.55. The summed E-state index contributed by atoms with van der Waals surface area (Å²) in [4.78, 5) is 10.2. The molecule has 1 rings (SSSR count). The molecule has 58 valence electrons. The molecule has 1 aliphatic rings. The minimum atomic E-state index is -1.18. The Morgan fingerprint density at radius 1 is 1.50 bits per heavy atom. The van der Waals surface area contributed by atoms with E-state index in [2.05, 4.69) is 5.32 Å². The minimum Gasteiger partial charge on any atom is -0.480 e. The molecule has 1 saturated heterocycles. The van der Waals surface area contributed by atoms with Gasteiger partial charge in [-0.1, -0.05) is 0 Å². The quantitative estimate of drug-likeness (QED) is 0.338. The largest absolute Gasteiger partial charge is 0.480 e. The molecular formula is C5H9NO4. The lowest BCUT2D eigenvalue weighted by Gasteiger charge is -2.09. The van der Waals surface area contributed by atoms with E-state index in [1.807, 2.05) is 0 Å². The molecule has 0 saturated carbocycles. The summed E-state index contributed by atoms with van der Waals surface area (Å²) < 4.78 is 0. The van der Waals surface area contributed by atoms with Crippen molar-refractivity contribution in [3.05, 3.63) is 0 Å². The number of carbonyl (C=O) groups is 1. The zero-order valence-electron chi connectivity index (χ0n) is 5.19. The van der Waals surface area contributed by atoms with E-state index in [9.17, 15) is 4.79 Å². The fraction of sp³-hybridized carbons (Fsp3) is 0.800. The van der Waals surface area contributed by atoms with E-state index in [0.29, 0.717) is 0 Å². The normalized spacial score (nSPS) is 40.0. The summed E-state index contributed by atoms with van der Waals surface area (Å²) in [5, 5.41) is 28.6. The lowest BCUT2D eigenvalue weighted by atomic mass is 10.2. The highest BCUT2D eigenvalue weighted by molar-refractivity contribution is 5.74. The van der Waals surface area contributed by atoms with E-state index in [-0.39, 0.29) is 6.54 Å². The number of carboxylic acids is 1. The van der Waals surface area contributed by atoms with Gasteiger partial charge in [0.25, 0.3) is 0 Å². The molecule has 4 N–H and O–H groups in total. The first-order valence-electron chi connectivity index (χ1n) is 2.95. The zero-order chi connectivity index (χ0) is 7.72. The molecule has 0 unspecified atom stereocenters. The van der Waals surface area contributed by atoms with Crippen LogP contribution in [0, 0.1) is 0 Å². The SMILES string of the molecule is O=[14C](O)[C@H]1NC[C@@H](O)[C@@H]1O. The summed E-state index contributed by atoms with van der Waals surface area (Å²) in [5.41, 5.74) is 0. The molecule has 0 aromatic carbocycles. The number of aliphatic hydroxyl groups is 2. The number of rotatable bonds is 1. The lowest BCUT2D eigenvalue weighted by molar-refractivity contribution is -0.142. The van der Waals surface area contributed by atoms with Crippen molar-refractivity contribution in [2.45, 2.75) is 18.2 Å². The third kappa shape index (κ3) is 1.11. The van der Waals surface area contributed by atoms with Gasteiger partial charge in [-0.3, -0.25) is 10.1 Å². The van der Waals surface area contributed by atoms with E-state index < -0.39 is 24.2 Å². The number of aliphatic hydroxyl groups excluding tert-OH is 2. The van der Waals surface area contributed by atoms with Crippen molar-refractivity contribution >= 4 is 5.97 Å². The van der Waals surface area contributed by atoms with Crippen LogP contribution in [0.25, 0.3) is 0 Å². The number of hydrogen-bond donors (Lipinski definition) is 4. The first-order valence-corrected chi connectivity index (χ1v) is 2.95. The number of carboxylic acid groups (broad SMARTS) is 1. The fourth-order valence-corrected chi connectivity index (χ4v) is 0.945. The Hall–Kier alpha value is -0.650. The molecule has 0 spiro atoms. The van der Waals surface area contributed by atoms with Crippen molar-refractivity contribution in [3.63, 3.8) is 0 Å². The molecule has 0 aromatic rings. The Balaban J connectivity index is 2.57. The smallest absolute Gasteiger partial charge is 0.323 e. The van der Waals surface area contributed by atoms with Crippen molar-refractivity contribution in [1.82, 2.24) is 5.32 Å². The fourth-order valence-electron chi connectivity index (χ4n) is 0.945. The minimum absolute atomic E-state index is 0.137. The molecule has 0 amide bonds. The van der Waals surface area contributed by atoms with Gasteiger partial charge in [-0.25, -0.2) is 0 Å². The first kappa shape index (κ1) is 7.46. The van der Waals surface area contributed by atoms with Gasteiger partial charge >= 0.3 is 5.97 Å². The maximum absolute atomic E-state index is 10.2. The van der Waals surface area contributed by atoms with Gasteiger partial charge in [0.1, 0.15) is 12.1 Å². The summed E-state index contributed by atoms with van der Waals surface area (Å²) in [7, 11) is 0. The molecule has 0 radical (unpaired) electrons. The molecule has 0 aromatic heterocycles. The molecule has 10 heavy (non-hydrogen) atoms. The van der Waals surface area contributed by atoms with E-state index in [4.69, 9.17) is 15.3 Å². The summed E-state index contributed by atoms with van der Waals surface area (Å²) >= 11 is 0. The van der Waals surface area contributed by atoms with Gasteiger partial charge in [0.05, 0.1) is 6.10 Å². The summed E-state index contributed by atoms with van der Waals surface area (Å²) in [6, 6.07) is -1.02. The lowest BCUT2D eigenvalue weighted by Crippen LogP contribution is -2.39. The van der Waals surface area contributed by atoms with E-state index >= 15 is 0 Å². The van der Waals surface area contributed by atoms with Crippen molar-refractivity contribution < 1.29 is 20.1 Å². The van der Waals surface area contributed by atoms with Crippen molar-refractivity contribution in [1.29, 1.82) is 0 Å². The van der Waals surface area contributed by atoms with Crippen LogP contribution in [-0.4, -0.2) is 46.1 Å². The average molecular weight is 149 g/mol. The molecule has 1 fully saturated rings. The van der Waals surface area contributed by atoms with E-state index in [0.717, 1.165) is 0 Å². The van der Waals surface area contributed by atoms with E-state index in [1.54, 1.807) is 0 Å². The summed E-state index contributed by atoms with van der Waals surface area (Å²) in [6.07, 6.45) is -2.14. The van der Waals surface area contributed by atoms with Crippen LogP contribution in [-0.2, 0) is 4.79 Å². The Labute approximate surface area is 57.3 Å². The Morgan fingerprint density at radius 2 is 2.10 bits per heavy atom. The number of nitrogens with one attached hydrogen (secondary N) is 1. The van der Waals surface area contributed by atoms with Gasteiger partial charge in [0.15, 0.2) is 0 Å². The predicted octanol–water partition coefficient (Wildman–Crippen LogP) is -2.24.